The minimum atomic E-state index is -0.287. The molecular weight excluding hydrogens is 202 g/mol. The van der Waals surface area contributed by atoms with Gasteiger partial charge in [-0.05, 0) is 24.4 Å². The molecule has 1 aromatic carbocycles. The molecule has 1 aromatic rings. The van der Waals surface area contributed by atoms with Crippen LogP contribution in [0.3, 0.4) is 0 Å². The van der Waals surface area contributed by atoms with Crippen LogP contribution in [-0.4, -0.2) is 25.0 Å². The van der Waals surface area contributed by atoms with Crippen molar-refractivity contribution in [3.8, 4) is 5.75 Å². The summed E-state index contributed by atoms with van der Waals surface area (Å²) in [4.78, 5) is 13.5. The van der Waals surface area contributed by atoms with Crippen LogP contribution in [0, 0.1) is 0 Å². The third-order valence-electron chi connectivity index (χ3n) is 2.25. The third-order valence-corrected chi connectivity index (χ3v) is 2.25. The number of rotatable bonds is 2. The van der Waals surface area contributed by atoms with Gasteiger partial charge in [0, 0.05) is 19.7 Å². The lowest BCUT2D eigenvalue weighted by Gasteiger charge is -2.01. The normalized spacial score (nSPS) is 16.6. The van der Waals surface area contributed by atoms with Gasteiger partial charge in [-0.25, -0.2) is 4.79 Å². The van der Waals surface area contributed by atoms with Crippen molar-refractivity contribution in [3.05, 3.63) is 48.2 Å². The van der Waals surface area contributed by atoms with Gasteiger partial charge in [0.25, 0.3) is 0 Å². The number of ether oxygens (including phenoxy) is 1. The van der Waals surface area contributed by atoms with E-state index in [1.54, 1.807) is 12.1 Å². The van der Waals surface area contributed by atoms with Gasteiger partial charge in [-0.1, -0.05) is 18.2 Å². The SMILES string of the molecule is CN(C)/C=C/C=C1\C(=O)Oc2ccccc21. The number of nitrogens with zero attached hydrogens (tertiary/aromatic N) is 1. The molecule has 3 heteroatoms. The molecule has 1 aliphatic heterocycles. The third kappa shape index (κ3) is 1.98. The van der Waals surface area contributed by atoms with Crippen LogP contribution < -0.4 is 4.74 Å². The van der Waals surface area contributed by atoms with E-state index in [4.69, 9.17) is 4.74 Å². The zero-order chi connectivity index (χ0) is 11.5. The second-order valence-electron chi connectivity index (χ2n) is 3.77. The molecule has 82 valence electrons. The molecule has 0 aromatic heterocycles. The molecule has 0 atom stereocenters. The van der Waals surface area contributed by atoms with E-state index in [1.807, 2.05) is 49.5 Å². The Hall–Kier alpha value is -2.03. The van der Waals surface area contributed by atoms with E-state index in [9.17, 15) is 4.79 Å². The first kappa shape index (κ1) is 10.5. The lowest BCUT2D eigenvalue weighted by atomic mass is 10.1. The van der Waals surface area contributed by atoms with Crippen molar-refractivity contribution in [2.45, 2.75) is 0 Å². The van der Waals surface area contributed by atoms with Gasteiger partial charge >= 0.3 is 5.97 Å². The molecule has 0 saturated carbocycles. The molecule has 1 aliphatic rings. The quantitative estimate of drug-likeness (QED) is 0.429. The van der Waals surface area contributed by atoms with Crippen LogP contribution in [0.15, 0.2) is 42.6 Å². The van der Waals surface area contributed by atoms with Gasteiger partial charge in [0.15, 0.2) is 0 Å². The van der Waals surface area contributed by atoms with Crippen LogP contribution in [0.1, 0.15) is 5.56 Å². The monoisotopic (exact) mass is 215 g/mol. The molecular formula is C13H13NO2. The molecule has 0 aliphatic carbocycles. The average molecular weight is 215 g/mol. The van der Waals surface area contributed by atoms with E-state index in [-0.39, 0.29) is 5.97 Å². The summed E-state index contributed by atoms with van der Waals surface area (Å²) < 4.78 is 5.12. The number of carbonyl (C=O) groups is 1. The van der Waals surface area contributed by atoms with Crippen LogP contribution in [0.25, 0.3) is 5.57 Å². The van der Waals surface area contributed by atoms with Crippen molar-refractivity contribution in [3.63, 3.8) is 0 Å². The summed E-state index contributed by atoms with van der Waals surface area (Å²) >= 11 is 0. The Labute approximate surface area is 94.6 Å². The first-order valence-corrected chi connectivity index (χ1v) is 5.05. The molecule has 0 fully saturated rings. The van der Waals surface area contributed by atoms with Gasteiger partial charge < -0.3 is 9.64 Å². The van der Waals surface area contributed by atoms with E-state index in [1.165, 1.54) is 0 Å². The van der Waals surface area contributed by atoms with Crippen LogP contribution in [0.4, 0.5) is 0 Å². The molecule has 0 unspecified atom stereocenters. The number of carbonyl (C=O) groups excluding carboxylic acids is 1. The number of fused-ring (bicyclic) bond motifs is 1. The zero-order valence-electron chi connectivity index (χ0n) is 9.31. The molecule has 0 saturated heterocycles. The summed E-state index contributed by atoms with van der Waals surface area (Å²) in [6, 6.07) is 7.42. The summed E-state index contributed by atoms with van der Waals surface area (Å²) in [7, 11) is 3.85. The van der Waals surface area contributed by atoms with Gasteiger partial charge in [-0.2, -0.15) is 0 Å². The Morgan fingerprint density at radius 2 is 2.00 bits per heavy atom. The standard InChI is InChI=1S/C13H13NO2/c1-14(2)9-5-7-11-10-6-3-4-8-12(10)16-13(11)15/h3-9H,1-2H3/b9-5+,11-7-. The number of hydrogen-bond acceptors (Lipinski definition) is 3. The lowest BCUT2D eigenvalue weighted by molar-refractivity contribution is -0.126. The van der Waals surface area contributed by atoms with E-state index in [0.717, 1.165) is 5.56 Å². The Kier molecular flexibility index (Phi) is 2.77. The fourth-order valence-electron chi connectivity index (χ4n) is 1.51. The van der Waals surface area contributed by atoms with Crippen molar-refractivity contribution in [1.29, 1.82) is 0 Å². The fourth-order valence-corrected chi connectivity index (χ4v) is 1.51. The molecule has 16 heavy (non-hydrogen) atoms. The number of para-hydroxylation sites is 1. The maximum absolute atomic E-state index is 11.6. The summed E-state index contributed by atoms with van der Waals surface area (Å²) in [5.41, 5.74) is 1.46. The molecule has 1 heterocycles. The van der Waals surface area contributed by atoms with Gasteiger partial charge in [0.2, 0.25) is 0 Å². The summed E-state index contributed by atoms with van der Waals surface area (Å²) in [6.07, 6.45) is 5.48. The highest BCUT2D eigenvalue weighted by Crippen LogP contribution is 2.33. The van der Waals surface area contributed by atoms with Crippen LogP contribution in [0.2, 0.25) is 0 Å². The maximum Gasteiger partial charge on any atom is 0.344 e. The van der Waals surface area contributed by atoms with E-state index in [0.29, 0.717) is 11.3 Å². The highest BCUT2D eigenvalue weighted by molar-refractivity contribution is 6.21. The number of esters is 1. The number of allylic oxidation sites excluding steroid dienone is 2. The van der Waals surface area contributed by atoms with Gasteiger partial charge in [-0.3, -0.25) is 0 Å². The zero-order valence-corrected chi connectivity index (χ0v) is 9.31. The Balaban J connectivity index is 2.32. The van der Waals surface area contributed by atoms with E-state index >= 15 is 0 Å². The second-order valence-corrected chi connectivity index (χ2v) is 3.77. The largest absolute Gasteiger partial charge is 0.422 e. The minimum Gasteiger partial charge on any atom is -0.422 e. The summed E-state index contributed by atoms with van der Waals surface area (Å²) in [5.74, 6) is 0.349. The Morgan fingerprint density at radius 3 is 2.75 bits per heavy atom. The second kappa shape index (κ2) is 4.23. The number of hydrogen-bond donors (Lipinski definition) is 0. The first-order valence-electron chi connectivity index (χ1n) is 5.05. The van der Waals surface area contributed by atoms with Crippen molar-refractivity contribution >= 4 is 11.5 Å². The van der Waals surface area contributed by atoms with Crippen LogP contribution in [0.5, 0.6) is 5.75 Å². The summed E-state index contributed by atoms with van der Waals surface area (Å²) in [6.45, 7) is 0. The highest BCUT2D eigenvalue weighted by Gasteiger charge is 2.25. The lowest BCUT2D eigenvalue weighted by Crippen LogP contribution is -2.01. The van der Waals surface area contributed by atoms with Gasteiger partial charge in [-0.15, -0.1) is 0 Å². The highest BCUT2D eigenvalue weighted by atomic mass is 16.5. The molecule has 2 rings (SSSR count). The molecule has 0 N–H and O–H groups in total. The maximum atomic E-state index is 11.6. The first-order chi connectivity index (χ1) is 7.68. The molecule has 0 amide bonds. The fraction of sp³-hybridized carbons (Fsp3) is 0.154. The predicted octanol–water partition coefficient (Wildman–Crippen LogP) is 2.06. The van der Waals surface area contributed by atoms with Crippen LogP contribution in [-0.2, 0) is 4.79 Å². The Bertz CT molecular complexity index is 473. The van der Waals surface area contributed by atoms with Gasteiger partial charge in [0.1, 0.15) is 5.75 Å². The van der Waals surface area contributed by atoms with Crippen molar-refractivity contribution < 1.29 is 9.53 Å². The molecule has 0 bridgehead atoms. The van der Waals surface area contributed by atoms with E-state index in [2.05, 4.69) is 0 Å². The Morgan fingerprint density at radius 1 is 1.25 bits per heavy atom. The molecule has 0 spiro atoms. The molecule has 0 radical (unpaired) electrons. The minimum absolute atomic E-state index is 0.287. The topological polar surface area (TPSA) is 29.5 Å². The van der Waals surface area contributed by atoms with Crippen LogP contribution >= 0.6 is 0 Å². The van der Waals surface area contributed by atoms with E-state index < -0.39 is 0 Å². The number of benzene rings is 1. The van der Waals surface area contributed by atoms with Crippen molar-refractivity contribution in [2.75, 3.05) is 14.1 Å². The van der Waals surface area contributed by atoms with Crippen molar-refractivity contribution in [1.82, 2.24) is 4.90 Å². The van der Waals surface area contributed by atoms with Gasteiger partial charge in [0.05, 0.1) is 5.57 Å². The smallest absolute Gasteiger partial charge is 0.344 e. The van der Waals surface area contributed by atoms with Crippen molar-refractivity contribution in [2.24, 2.45) is 0 Å². The average Bonchev–Trinajstić information content (AvgIpc) is 2.55. The molecule has 3 nitrogen and oxygen atoms in total. The predicted molar refractivity (Wildman–Crippen MR) is 62.9 cm³/mol. The summed E-state index contributed by atoms with van der Waals surface area (Å²) in [5, 5.41) is 0.